The first-order valence-corrected chi connectivity index (χ1v) is 7.88. The van der Waals surface area contributed by atoms with Gasteiger partial charge in [0.05, 0.1) is 12.7 Å². The standard InChI is InChI=1S/C15H30O3/c1-2-3-4-5-6-7-8-9-10-11-12-15-13-14-16-18-17-15/h15H,2-14H2,1H3. The van der Waals surface area contributed by atoms with Crippen molar-refractivity contribution in [3.63, 3.8) is 0 Å². The van der Waals surface area contributed by atoms with Crippen molar-refractivity contribution in [3.8, 4) is 0 Å². The van der Waals surface area contributed by atoms with Crippen molar-refractivity contribution in [2.45, 2.75) is 90.1 Å². The summed E-state index contributed by atoms with van der Waals surface area (Å²) in [6.45, 7) is 2.94. The molecule has 1 saturated heterocycles. The minimum Gasteiger partial charge on any atom is -0.206 e. The molecule has 108 valence electrons. The molecule has 0 radical (unpaired) electrons. The first-order valence-electron chi connectivity index (χ1n) is 7.88. The fraction of sp³-hybridized carbons (Fsp3) is 1.00. The predicted molar refractivity (Wildman–Crippen MR) is 73.0 cm³/mol. The van der Waals surface area contributed by atoms with E-state index in [9.17, 15) is 0 Å². The van der Waals surface area contributed by atoms with Crippen LogP contribution in [0, 0.1) is 0 Å². The second-order valence-corrected chi connectivity index (χ2v) is 5.37. The lowest BCUT2D eigenvalue weighted by Crippen LogP contribution is -2.21. The predicted octanol–water partition coefficient (Wildman–Crippen LogP) is 4.95. The fourth-order valence-electron chi connectivity index (χ4n) is 2.40. The average Bonchev–Trinajstić information content (AvgIpc) is 2.42. The zero-order valence-corrected chi connectivity index (χ0v) is 12.0. The first kappa shape index (κ1) is 15.9. The molecule has 1 unspecified atom stereocenters. The summed E-state index contributed by atoms with van der Waals surface area (Å²) in [5, 5.41) is 4.52. The van der Waals surface area contributed by atoms with Crippen molar-refractivity contribution in [1.82, 2.24) is 0 Å². The SMILES string of the molecule is CCCCCCCCCCCCC1CCOOO1. The number of hydrogen-bond acceptors (Lipinski definition) is 3. The van der Waals surface area contributed by atoms with Crippen LogP contribution in [-0.2, 0) is 14.8 Å². The van der Waals surface area contributed by atoms with Crippen LogP contribution in [0.5, 0.6) is 0 Å². The van der Waals surface area contributed by atoms with Gasteiger partial charge < -0.3 is 0 Å². The Hall–Kier alpha value is -0.120. The van der Waals surface area contributed by atoms with Gasteiger partial charge in [-0.1, -0.05) is 76.2 Å². The first-order chi connectivity index (χ1) is 8.93. The molecule has 1 rings (SSSR count). The molecule has 0 spiro atoms. The van der Waals surface area contributed by atoms with Crippen LogP contribution in [0.2, 0.25) is 0 Å². The fourth-order valence-corrected chi connectivity index (χ4v) is 2.40. The van der Waals surface area contributed by atoms with Crippen LogP contribution in [-0.4, -0.2) is 12.7 Å². The van der Waals surface area contributed by atoms with E-state index in [2.05, 4.69) is 16.8 Å². The van der Waals surface area contributed by atoms with Crippen molar-refractivity contribution in [3.05, 3.63) is 0 Å². The van der Waals surface area contributed by atoms with E-state index in [0.29, 0.717) is 6.61 Å². The van der Waals surface area contributed by atoms with Gasteiger partial charge in [-0.3, -0.25) is 0 Å². The van der Waals surface area contributed by atoms with Gasteiger partial charge in [0.15, 0.2) is 0 Å². The molecule has 0 saturated carbocycles. The molecule has 0 bridgehead atoms. The third kappa shape index (κ3) is 8.90. The van der Waals surface area contributed by atoms with Gasteiger partial charge in [-0.2, -0.15) is 0 Å². The van der Waals surface area contributed by atoms with Crippen molar-refractivity contribution >= 4 is 0 Å². The Labute approximate surface area is 112 Å². The summed E-state index contributed by atoms with van der Waals surface area (Å²) in [5.41, 5.74) is 0. The van der Waals surface area contributed by atoms with Crippen molar-refractivity contribution in [2.75, 3.05) is 6.61 Å². The number of unbranched alkanes of at least 4 members (excludes halogenated alkanes) is 9. The summed E-state index contributed by atoms with van der Waals surface area (Å²) >= 11 is 0. The highest BCUT2D eigenvalue weighted by molar-refractivity contribution is 4.58. The van der Waals surface area contributed by atoms with Crippen LogP contribution in [0.25, 0.3) is 0 Å². The van der Waals surface area contributed by atoms with Crippen LogP contribution in [0.4, 0.5) is 0 Å². The Bertz CT molecular complexity index is 167. The normalized spacial score (nSPS) is 20.2. The molecule has 18 heavy (non-hydrogen) atoms. The summed E-state index contributed by atoms with van der Waals surface area (Å²) in [5.74, 6) is 0. The molecule has 1 heterocycles. The van der Waals surface area contributed by atoms with E-state index in [-0.39, 0.29) is 6.10 Å². The topological polar surface area (TPSA) is 27.7 Å². The largest absolute Gasteiger partial charge is 0.206 e. The molecule has 1 fully saturated rings. The van der Waals surface area contributed by atoms with Crippen molar-refractivity contribution in [1.29, 1.82) is 0 Å². The molecule has 3 heteroatoms. The highest BCUT2D eigenvalue weighted by atomic mass is 17.5. The summed E-state index contributed by atoms with van der Waals surface area (Å²) in [6, 6.07) is 0. The highest BCUT2D eigenvalue weighted by Crippen LogP contribution is 2.16. The minimum absolute atomic E-state index is 0.257. The molecular weight excluding hydrogens is 228 g/mol. The van der Waals surface area contributed by atoms with Gasteiger partial charge in [0, 0.05) is 6.42 Å². The molecule has 1 aliphatic heterocycles. The second-order valence-electron chi connectivity index (χ2n) is 5.37. The average molecular weight is 258 g/mol. The second kappa shape index (κ2) is 11.9. The Morgan fingerprint density at radius 2 is 1.44 bits per heavy atom. The van der Waals surface area contributed by atoms with Crippen LogP contribution < -0.4 is 0 Å². The number of rotatable bonds is 11. The molecule has 0 N–H and O–H groups in total. The van der Waals surface area contributed by atoms with E-state index >= 15 is 0 Å². The molecule has 0 aliphatic carbocycles. The summed E-state index contributed by atoms with van der Waals surface area (Å²) in [4.78, 5) is 9.72. The quantitative estimate of drug-likeness (QED) is 0.387. The van der Waals surface area contributed by atoms with Crippen LogP contribution >= 0.6 is 0 Å². The molecule has 0 aromatic rings. The van der Waals surface area contributed by atoms with Crippen LogP contribution in [0.1, 0.15) is 84.0 Å². The third-order valence-corrected chi connectivity index (χ3v) is 3.63. The van der Waals surface area contributed by atoms with Crippen molar-refractivity contribution in [2.24, 2.45) is 0 Å². The molecule has 0 amide bonds. The zero-order valence-electron chi connectivity index (χ0n) is 12.0. The van der Waals surface area contributed by atoms with Gasteiger partial charge in [0.1, 0.15) is 0 Å². The lowest BCUT2D eigenvalue weighted by Gasteiger charge is -2.19. The van der Waals surface area contributed by atoms with Gasteiger partial charge in [0.25, 0.3) is 0 Å². The lowest BCUT2D eigenvalue weighted by atomic mass is 10.0. The summed E-state index contributed by atoms with van der Waals surface area (Å²) < 4.78 is 0. The van der Waals surface area contributed by atoms with E-state index < -0.39 is 0 Å². The smallest absolute Gasteiger partial charge is 0.0984 e. The van der Waals surface area contributed by atoms with Gasteiger partial charge in [-0.25, -0.2) is 9.78 Å². The van der Waals surface area contributed by atoms with Gasteiger partial charge in [-0.15, -0.1) is 0 Å². The monoisotopic (exact) mass is 258 g/mol. The number of hydrogen-bond donors (Lipinski definition) is 0. The van der Waals surface area contributed by atoms with Crippen molar-refractivity contribution < 1.29 is 14.8 Å². The van der Waals surface area contributed by atoms with Gasteiger partial charge >= 0.3 is 0 Å². The summed E-state index contributed by atoms with van der Waals surface area (Å²) in [6.07, 6.45) is 16.2. The Morgan fingerprint density at radius 1 is 0.833 bits per heavy atom. The molecule has 0 aromatic heterocycles. The Kier molecular flexibility index (Phi) is 10.6. The minimum atomic E-state index is 0.257. The van der Waals surface area contributed by atoms with Gasteiger partial charge in [0.2, 0.25) is 0 Å². The molecule has 1 atom stereocenters. The molecule has 1 aliphatic rings. The Morgan fingerprint density at radius 3 is 2.00 bits per heavy atom. The van der Waals surface area contributed by atoms with Gasteiger partial charge in [-0.05, 0) is 6.42 Å². The van der Waals surface area contributed by atoms with E-state index in [1.54, 1.807) is 0 Å². The molecular formula is C15H30O3. The van der Waals surface area contributed by atoms with Crippen LogP contribution in [0.3, 0.4) is 0 Å². The molecule has 0 aromatic carbocycles. The maximum Gasteiger partial charge on any atom is 0.0984 e. The Balaban J connectivity index is 1.73. The van der Waals surface area contributed by atoms with E-state index in [4.69, 9.17) is 4.89 Å². The van der Waals surface area contributed by atoms with E-state index in [1.165, 1.54) is 64.2 Å². The maximum atomic E-state index is 5.04. The maximum absolute atomic E-state index is 5.04. The lowest BCUT2D eigenvalue weighted by molar-refractivity contribution is -0.549. The van der Waals surface area contributed by atoms with E-state index in [0.717, 1.165) is 12.8 Å². The van der Waals surface area contributed by atoms with E-state index in [1.807, 2.05) is 0 Å². The zero-order chi connectivity index (χ0) is 12.9. The highest BCUT2D eigenvalue weighted by Gasteiger charge is 2.15. The summed E-state index contributed by atoms with van der Waals surface area (Å²) in [7, 11) is 0. The van der Waals surface area contributed by atoms with Crippen LogP contribution in [0.15, 0.2) is 0 Å². The third-order valence-electron chi connectivity index (χ3n) is 3.63. The molecule has 3 nitrogen and oxygen atoms in total.